The number of halogens is 1. The molecule has 0 fully saturated rings. The summed E-state index contributed by atoms with van der Waals surface area (Å²) in [6.07, 6.45) is 1.45. The summed E-state index contributed by atoms with van der Waals surface area (Å²) in [7, 11) is 0. The lowest BCUT2D eigenvalue weighted by Crippen LogP contribution is -1.97. The highest BCUT2D eigenvalue weighted by Crippen LogP contribution is 2.28. The summed E-state index contributed by atoms with van der Waals surface area (Å²) in [6.45, 7) is 1.79. The van der Waals surface area contributed by atoms with Gasteiger partial charge in [0.2, 0.25) is 0 Å². The Bertz CT molecular complexity index is 809. The molecule has 0 saturated carbocycles. The number of rotatable bonds is 2. The summed E-state index contributed by atoms with van der Waals surface area (Å²) in [5.41, 5.74) is 2.08. The van der Waals surface area contributed by atoms with Crippen molar-refractivity contribution in [1.29, 1.82) is 0 Å². The first-order valence-corrected chi connectivity index (χ1v) is 5.95. The number of hydrogen-bond acceptors (Lipinski definition) is 3. The van der Waals surface area contributed by atoms with E-state index in [4.69, 9.17) is 0 Å². The summed E-state index contributed by atoms with van der Waals surface area (Å²) >= 11 is 0. The molecular formula is C14H10FN3O2. The summed E-state index contributed by atoms with van der Waals surface area (Å²) in [6, 6.07) is 9.14. The average molecular weight is 271 g/mol. The first kappa shape index (κ1) is 12.3. The Hall–Kier alpha value is -2.76. The number of nitro groups is 1. The minimum atomic E-state index is -0.425. The summed E-state index contributed by atoms with van der Waals surface area (Å²) in [5, 5.41) is 15.7. The van der Waals surface area contributed by atoms with Crippen LogP contribution in [0, 0.1) is 22.9 Å². The molecule has 0 N–H and O–H groups in total. The number of fused-ring (bicyclic) bond motifs is 1. The van der Waals surface area contributed by atoms with Crippen LogP contribution < -0.4 is 0 Å². The van der Waals surface area contributed by atoms with Crippen LogP contribution in [0.25, 0.3) is 16.6 Å². The Kier molecular flexibility index (Phi) is 2.71. The van der Waals surface area contributed by atoms with Crippen LogP contribution >= 0.6 is 0 Å². The Morgan fingerprint density at radius 1 is 1.25 bits per heavy atom. The van der Waals surface area contributed by atoms with Crippen LogP contribution in [0.5, 0.6) is 0 Å². The number of benzene rings is 2. The van der Waals surface area contributed by atoms with Crippen molar-refractivity contribution in [3.8, 4) is 5.69 Å². The van der Waals surface area contributed by atoms with Crippen molar-refractivity contribution >= 4 is 16.6 Å². The van der Waals surface area contributed by atoms with Gasteiger partial charge in [0.15, 0.2) is 0 Å². The van der Waals surface area contributed by atoms with Crippen LogP contribution in [0.3, 0.4) is 0 Å². The maximum Gasteiger partial charge on any atom is 0.280 e. The fourth-order valence-electron chi connectivity index (χ4n) is 2.18. The first-order chi connectivity index (χ1) is 9.56. The van der Waals surface area contributed by atoms with E-state index in [2.05, 4.69) is 5.10 Å². The third-order valence-electron chi connectivity index (χ3n) is 3.08. The molecule has 20 heavy (non-hydrogen) atoms. The maximum absolute atomic E-state index is 13.0. The zero-order chi connectivity index (χ0) is 14.3. The minimum absolute atomic E-state index is 0.0216. The molecular weight excluding hydrogens is 261 g/mol. The maximum atomic E-state index is 13.0. The van der Waals surface area contributed by atoms with Crippen LogP contribution in [-0.4, -0.2) is 14.7 Å². The highest BCUT2D eigenvalue weighted by atomic mass is 19.1. The molecule has 6 heteroatoms. The number of aryl methyl sites for hydroxylation is 1. The van der Waals surface area contributed by atoms with Gasteiger partial charge in [-0.2, -0.15) is 5.10 Å². The van der Waals surface area contributed by atoms with E-state index in [1.807, 2.05) is 6.07 Å². The van der Waals surface area contributed by atoms with Crippen molar-refractivity contribution in [1.82, 2.24) is 9.78 Å². The van der Waals surface area contributed by atoms with Crippen LogP contribution in [-0.2, 0) is 0 Å². The molecule has 3 aromatic rings. The molecule has 0 aliphatic heterocycles. The van der Waals surface area contributed by atoms with Gasteiger partial charge in [0.05, 0.1) is 27.7 Å². The molecule has 1 heterocycles. The lowest BCUT2D eigenvalue weighted by molar-refractivity contribution is -0.383. The van der Waals surface area contributed by atoms with Crippen molar-refractivity contribution < 1.29 is 9.31 Å². The summed E-state index contributed by atoms with van der Waals surface area (Å²) < 4.78 is 14.5. The smallest absolute Gasteiger partial charge is 0.258 e. The molecule has 3 rings (SSSR count). The Morgan fingerprint density at radius 3 is 2.60 bits per heavy atom. The van der Waals surface area contributed by atoms with Gasteiger partial charge in [-0.15, -0.1) is 0 Å². The molecule has 2 aromatic carbocycles. The Balaban J connectivity index is 2.28. The fraction of sp³-hybridized carbons (Fsp3) is 0.0714. The first-order valence-electron chi connectivity index (χ1n) is 5.95. The molecule has 0 spiro atoms. The van der Waals surface area contributed by atoms with Gasteiger partial charge in [-0.05, 0) is 42.8 Å². The van der Waals surface area contributed by atoms with E-state index in [1.54, 1.807) is 23.7 Å². The van der Waals surface area contributed by atoms with Crippen LogP contribution in [0.2, 0.25) is 0 Å². The highest BCUT2D eigenvalue weighted by Gasteiger charge is 2.17. The topological polar surface area (TPSA) is 61.0 Å². The standard InChI is InChI=1S/C14H10FN3O2/c1-9-6-13-12(14(7-9)18(19)20)8-16-17(13)11-4-2-10(15)3-5-11/h2-8H,1H3. The lowest BCUT2D eigenvalue weighted by atomic mass is 10.1. The van der Waals surface area contributed by atoms with Crippen LogP contribution in [0.15, 0.2) is 42.6 Å². The second-order valence-corrected chi connectivity index (χ2v) is 4.51. The van der Waals surface area contributed by atoms with Crippen molar-refractivity contribution in [3.63, 3.8) is 0 Å². The number of hydrogen-bond donors (Lipinski definition) is 0. The second-order valence-electron chi connectivity index (χ2n) is 4.51. The number of nitro benzene ring substituents is 1. The monoisotopic (exact) mass is 271 g/mol. The van der Waals surface area contributed by atoms with Crippen LogP contribution in [0.1, 0.15) is 5.56 Å². The zero-order valence-corrected chi connectivity index (χ0v) is 10.6. The molecule has 0 aliphatic rings. The normalized spacial score (nSPS) is 10.9. The quantitative estimate of drug-likeness (QED) is 0.530. The number of non-ortho nitro benzene ring substituents is 1. The molecule has 0 radical (unpaired) electrons. The largest absolute Gasteiger partial charge is 0.280 e. The summed E-state index contributed by atoms with van der Waals surface area (Å²) in [4.78, 5) is 10.7. The van der Waals surface area contributed by atoms with Gasteiger partial charge in [-0.3, -0.25) is 10.1 Å². The average Bonchev–Trinajstić information content (AvgIpc) is 2.82. The predicted octanol–water partition coefficient (Wildman–Crippen LogP) is 3.38. The van der Waals surface area contributed by atoms with Gasteiger partial charge < -0.3 is 0 Å². The van der Waals surface area contributed by atoms with Crippen LogP contribution in [0.4, 0.5) is 10.1 Å². The molecule has 1 aromatic heterocycles. The molecule has 5 nitrogen and oxygen atoms in total. The molecule has 0 atom stereocenters. The highest BCUT2D eigenvalue weighted by molar-refractivity contribution is 5.89. The molecule has 0 aliphatic carbocycles. The third-order valence-corrected chi connectivity index (χ3v) is 3.08. The van der Waals surface area contributed by atoms with Crippen molar-refractivity contribution in [2.75, 3.05) is 0 Å². The van der Waals surface area contributed by atoms with E-state index >= 15 is 0 Å². The minimum Gasteiger partial charge on any atom is -0.258 e. The Morgan fingerprint density at radius 2 is 1.95 bits per heavy atom. The van der Waals surface area contributed by atoms with E-state index in [0.717, 1.165) is 5.56 Å². The zero-order valence-electron chi connectivity index (χ0n) is 10.6. The molecule has 0 saturated heterocycles. The van der Waals surface area contributed by atoms with Gasteiger partial charge >= 0.3 is 0 Å². The van der Waals surface area contributed by atoms with E-state index < -0.39 is 4.92 Å². The van der Waals surface area contributed by atoms with E-state index in [-0.39, 0.29) is 11.5 Å². The Labute approximate surface area is 113 Å². The summed E-state index contributed by atoms with van der Waals surface area (Å²) in [5.74, 6) is -0.340. The predicted molar refractivity (Wildman–Crippen MR) is 72.4 cm³/mol. The van der Waals surface area contributed by atoms with Gasteiger partial charge in [0.25, 0.3) is 5.69 Å². The van der Waals surface area contributed by atoms with Crippen molar-refractivity contribution in [2.45, 2.75) is 6.92 Å². The number of aromatic nitrogens is 2. The van der Waals surface area contributed by atoms with Gasteiger partial charge in [0, 0.05) is 6.07 Å². The van der Waals surface area contributed by atoms with E-state index in [9.17, 15) is 14.5 Å². The second kappa shape index (κ2) is 4.41. The third kappa shape index (κ3) is 1.91. The van der Waals surface area contributed by atoms with E-state index in [0.29, 0.717) is 16.6 Å². The molecule has 0 bridgehead atoms. The van der Waals surface area contributed by atoms with Gasteiger partial charge in [0.1, 0.15) is 5.82 Å². The van der Waals surface area contributed by atoms with Gasteiger partial charge in [-0.1, -0.05) is 0 Å². The molecule has 100 valence electrons. The SMILES string of the molecule is Cc1cc([N+](=O)[O-])c2cnn(-c3ccc(F)cc3)c2c1. The lowest BCUT2D eigenvalue weighted by Gasteiger charge is -2.04. The van der Waals surface area contributed by atoms with Crippen molar-refractivity contribution in [2.24, 2.45) is 0 Å². The van der Waals surface area contributed by atoms with Gasteiger partial charge in [-0.25, -0.2) is 9.07 Å². The van der Waals surface area contributed by atoms with Crippen molar-refractivity contribution in [3.05, 3.63) is 64.1 Å². The number of nitrogens with zero attached hydrogens (tertiary/aromatic N) is 3. The molecule has 0 unspecified atom stereocenters. The molecule has 0 amide bonds. The van der Waals surface area contributed by atoms with E-state index in [1.165, 1.54) is 24.4 Å². The fourth-order valence-corrected chi connectivity index (χ4v) is 2.18.